The number of aromatic nitrogens is 4. The Hall–Kier alpha value is -3.41. The number of aromatic amines is 1. The maximum Gasteiger partial charge on any atom is 0.260 e. The number of hydrogen-bond acceptors (Lipinski definition) is 4. The van der Waals surface area contributed by atoms with E-state index in [4.69, 9.17) is 4.74 Å². The third-order valence-corrected chi connectivity index (χ3v) is 4.83. The molecule has 0 aliphatic rings. The van der Waals surface area contributed by atoms with Gasteiger partial charge in [-0.3, -0.25) is 9.78 Å². The number of rotatable bonds is 4. The Kier molecular flexibility index (Phi) is 4.47. The Morgan fingerprint density at radius 2 is 1.82 bits per heavy atom. The average Bonchev–Trinajstić information content (AvgIpc) is 3.14. The number of para-hydroxylation sites is 1. The Bertz CT molecular complexity index is 1220. The minimum atomic E-state index is -0.222. The van der Waals surface area contributed by atoms with E-state index in [1.807, 2.05) is 58.0 Å². The van der Waals surface area contributed by atoms with Crippen molar-refractivity contribution in [2.24, 2.45) is 0 Å². The molecule has 6 heteroatoms. The molecule has 0 saturated heterocycles. The molecule has 28 heavy (non-hydrogen) atoms. The number of hydrogen-bond donors (Lipinski definition) is 1. The molecule has 2 aromatic carbocycles. The van der Waals surface area contributed by atoms with E-state index in [0.717, 1.165) is 34.6 Å². The Balaban J connectivity index is 1.80. The van der Waals surface area contributed by atoms with Crippen molar-refractivity contribution in [1.29, 1.82) is 0 Å². The second kappa shape index (κ2) is 6.96. The fraction of sp³-hybridized carbons (Fsp3) is 0.227. The van der Waals surface area contributed by atoms with Crippen LogP contribution >= 0.6 is 0 Å². The number of ether oxygens (including phenoxy) is 1. The normalized spacial score (nSPS) is 11.1. The summed E-state index contributed by atoms with van der Waals surface area (Å²) >= 11 is 0. The zero-order chi connectivity index (χ0) is 19.8. The van der Waals surface area contributed by atoms with Crippen molar-refractivity contribution in [3.63, 3.8) is 0 Å². The van der Waals surface area contributed by atoms with Gasteiger partial charge in [0.05, 0.1) is 16.6 Å². The van der Waals surface area contributed by atoms with Crippen LogP contribution in [0.1, 0.15) is 29.3 Å². The fourth-order valence-corrected chi connectivity index (χ4v) is 3.21. The molecule has 0 bridgehead atoms. The van der Waals surface area contributed by atoms with Crippen molar-refractivity contribution < 1.29 is 4.74 Å². The third kappa shape index (κ3) is 3.17. The molecule has 0 saturated carbocycles. The zero-order valence-corrected chi connectivity index (χ0v) is 16.4. The van der Waals surface area contributed by atoms with Crippen molar-refractivity contribution >= 4 is 10.9 Å². The van der Waals surface area contributed by atoms with E-state index in [-0.39, 0.29) is 5.56 Å². The first-order valence-electron chi connectivity index (χ1n) is 9.30. The highest BCUT2D eigenvalue weighted by Crippen LogP contribution is 2.32. The van der Waals surface area contributed by atoms with Crippen molar-refractivity contribution in [2.45, 2.75) is 34.1 Å². The lowest BCUT2D eigenvalue weighted by molar-refractivity contribution is 0.472. The molecule has 0 aliphatic heterocycles. The fourth-order valence-electron chi connectivity index (χ4n) is 3.21. The number of nitrogens with one attached hydrogen (secondary N) is 1. The van der Waals surface area contributed by atoms with Gasteiger partial charge in [0.15, 0.2) is 0 Å². The molecule has 0 amide bonds. The first-order valence-corrected chi connectivity index (χ1v) is 9.30. The van der Waals surface area contributed by atoms with Crippen LogP contribution in [0.25, 0.3) is 16.9 Å². The SMILES string of the molecule is CCc1ccn(-c2nc3cc(C)c(Oc4c(C)cccc4C)cc3c(=O)[nH]2)n1. The van der Waals surface area contributed by atoms with E-state index in [1.54, 1.807) is 16.9 Å². The second-order valence-electron chi connectivity index (χ2n) is 6.95. The van der Waals surface area contributed by atoms with E-state index in [9.17, 15) is 4.79 Å². The van der Waals surface area contributed by atoms with E-state index in [1.165, 1.54) is 0 Å². The molecule has 0 spiro atoms. The summed E-state index contributed by atoms with van der Waals surface area (Å²) in [6.45, 7) is 8.00. The molecule has 2 heterocycles. The second-order valence-corrected chi connectivity index (χ2v) is 6.95. The minimum Gasteiger partial charge on any atom is -0.457 e. The van der Waals surface area contributed by atoms with Gasteiger partial charge in [-0.25, -0.2) is 9.67 Å². The van der Waals surface area contributed by atoms with Gasteiger partial charge in [-0.15, -0.1) is 0 Å². The van der Waals surface area contributed by atoms with Crippen LogP contribution in [0.3, 0.4) is 0 Å². The van der Waals surface area contributed by atoms with E-state index in [2.05, 4.69) is 15.1 Å². The smallest absolute Gasteiger partial charge is 0.260 e. The Labute approximate surface area is 162 Å². The predicted octanol–water partition coefficient (Wildman–Crippen LogP) is 4.39. The third-order valence-electron chi connectivity index (χ3n) is 4.83. The summed E-state index contributed by atoms with van der Waals surface area (Å²) in [6, 6.07) is 11.6. The standard InChI is InChI=1S/C22H22N4O2/c1-5-16-9-10-26(25-16)22-23-18-11-15(4)19(12-17(18)21(27)24-22)28-20-13(2)7-6-8-14(20)3/h6-12H,5H2,1-4H3,(H,23,24,27). The Morgan fingerprint density at radius 1 is 1.07 bits per heavy atom. The highest BCUT2D eigenvalue weighted by Gasteiger charge is 2.13. The molecule has 0 atom stereocenters. The van der Waals surface area contributed by atoms with Crippen LogP contribution in [-0.2, 0) is 6.42 Å². The summed E-state index contributed by atoms with van der Waals surface area (Å²) in [5.41, 5.74) is 4.34. The lowest BCUT2D eigenvalue weighted by Crippen LogP contribution is -2.14. The highest BCUT2D eigenvalue weighted by atomic mass is 16.5. The summed E-state index contributed by atoms with van der Waals surface area (Å²) in [4.78, 5) is 20.1. The first kappa shape index (κ1) is 18.0. The van der Waals surface area contributed by atoms with Crippen LogP contribution in [0.5, 0.6) is 11.5 Å². The minimum absolute atomic E-state index is 0.222. The first-order chi connectivity index (χ1) is 13.5. The molecule has 142 valence electrons. The quantitative estimate of drug-likeness (QED) is 0.575. The molecule has 1 N–H and O–H groups in total. The van der Waals surface area contributed by atoms with Gasteiger partial charge in [0.2, 0.25) is 5.95 Å². The topological polar surface area (TPSA) is 72.8 Å². The van der Waals surface area contributed by atoms with Crippen LogP contribution in [0.2, 0.25) is 0 Å². The van der Waals surface area contributed by atoms with Crippen molar-refractivity contribution in [2.75, 3.05) is 0 Å². The van der Waals surface area contributed by atoms with Gasteiger partial charge >= 0.3 is 0 Å². The van der Waals surface area contributed by atoms with Crippen molar-refractivity contribution in [1.82, 2.24) is 19.7 Å². The zero-order valence-electron chi connectivity index (χ0n) is 16.4. The molecule has 2 aromatic heterocycles. The van der Waals surface area contributed by atoms with Crippen LogP contribution in [0.15, 0.2) is 47.4 Å². The Morgan fingerprint density at radius 3 is 2.50 bits per heavy atom. The predicted molar refractivity (Wildman–Crippen MR) is 110 cm³/mol. The van der Waals surface area contributed by atoms with Crippen LogP contribution in [0.4, 0.5) is 0 Å². The number of H-pyrrole nitrogens is 1. The molecule has 0 fully saturated rings. The number of nitrogens with zero attached hydrogens (tertiary/aromatic N) is 3. The monoisotopic (exact) mass is 374 g/mol. The maximum absolute atomic E-state index is 12.7. The summed E-state index contributed by atoms with van der Waals surface area (Å²) in [6.07, 6.45) is 2.62. The van der Waals surface area contributed by atoms with Gasteiger partial charge in [-0.05, 0) is 62.1 Å². The summed E-state index contributed by atoms with van der Waals surface area (Å²) in [5.74, 6) is 1.87. The largest absolute Gasteiger partial charge is 0.457 e. The maximum atomic E-state index is 12.7. The molecule has 4 aromatic rings. The van der Waals surface area contributed by atoms with E-state index < -0.39 is 0 Å². The van der Waals surface area contributed by atoms with Gasteiger partial charge in [-0.1, -0.05) is 25.1 Å². The summed E-state index contributed by atoms with van der Waals surface area (Å²) in [7, 11) is 0. The number of fused-ring (bicyclic) bond motifs is 1. The van der Waals surface area contributed by atoms with E-state index in [0.29, 0.717) is 22.6 Å². The molecule has 0 unspecified atom stereocenters. The number of aryl methyl sites for hydroxylation is 4. The highest BCUT2D eigenvalue weighted by molar-refractivity contribution is 5.81. The molecular formula is C22H22N4O2. The van der Waals surface area contributed by atoms with Gasteiger partial charge in [-0.2, -0.15) is 5.10 Å². The molecule has 6 nitrogen and oxygen atoms in total. The van der Waals surface area contributed by atoms with Crippen LogP contribution in [0, 0.1) is 20.8 Å². The number of benzene rings is 2. The lowest BCUT2D eigenvalue weighted by Gasteiger charge is -2.14. The summed E-state index contributed by atoms with van der Waals surface area (Å²) in [5, 5.41) is 4.91. The molecule has 0 aliphatic carbocycles. The molecule has 4 rings (SSSR count). The van der Waals surface area contributed by atoms with Crippen molar-refractivity contribution in [3.05, 3.63) is 75.3 Å². The van der Waals surface area contributed by atoms with Gasteiger partial charge < -0.3 is 4.74 Å². The average molecular weight is 374 g/mol. The van der Waals surface area contributed by atoms with Crippen molar-refractivity contribution in [3.8, 4) is 17.4 Å². The summed E-state index contributed by atoms with van der Waals surface area (Å²) < 4.78 is 7.76. The van der Waals surface area contributed by atoms with Gasteiger partial charge in [0, 0.05) is 6.20 Å². The molecular weight excluding hydrogens is 352 g/mol. The van der Waals surface area contributed by atoms with Gasteiger partial charge in [0.1, 0.15) is 11.5 Å². The van der Waals surface area contributed by atoms with Gasteiger partial charge in [0.25, 0.3) is 5.56 Å². The van der Waals surface area contributed by atoms with E-state index >= 15 is 0 Å². The van der Waals surface area contributed by atoms with Crippen LogP contribution < -0.4 is 10.3 Å². The lowest BCUT2D eigenvalue weighted by atomic mass is 10.1. The van der Waals surface area contributed by atoms with Crippen LogP contribution in [-0.4, -0.2) is 19.7 Å². The molecule has 0 radical (unpaired) electrons.